The van der Waals surface area contributed by atoms with Crippen molar-refractivity contribution in [3.8, 4) is 0 Å². The van der Waals surface area contributed by atoms with Crippen LogP contribution in [0.4, 0.5) is 5.88 Å². The van der Waals surface area contributed by atoms with Gasteiger partial charge in [0.2, 0.25) is 5.88 Å². The molecule has 5 rings (SSSR count). The predicted octanol–water partition coefficient (Wildman–Crippen LogP) is 5.90. The molecule has 4 nitrogen and oxygen atoms in total. The van der Waals surface area contributed by atoms with E-state index in [0.29, 0.717) is 17.3 Å². The fraction of sp³-hybridized carbons (Fsp3) is 0.250. The average molecular weight is 405 g/mol. The van der Waals surface area contributed by atoms with E-state index in [2.05, 4.69) is 35.6 Å². The molecule has 0 saturated heterocycles. The zero-order valence-electron chi connectivity index (χ0n) is 16.3. The summed E-state index contributed by atoms with van der Waals surface area (Å²) in [6.07, 6.45) is 1.24. The van der Waals surface area contributed by atoms with Crippen LogP contribution in [0.5, 0.6) is 0 Å². The maximum Gasteiger partial charge on any atom is 0.233 e. The fourth-order valence-electron chi connectivity index (χ4n) is 4.63. The number of anilines is 1. The Bertz CT molecular complexity index is 1140. The minimum atomic E-state index is -0.147. The molecule has 1 aliphatic carbocycles. The van der Waals surface area contributed by atoms with E-state index in [-0.39, 0.29) is 17.6 Å². The number of hydrogen-bond donors (Lipinski definition) is 1. The van der Waals surface area contributed by atoms with Crippen LogP contribution in [-0.2, 0) is 4.79 Å². The van der Waals surface area contributed by atoms with Crippen molar-refractivity contribution in [3.63, 3.8) is 0 Å². The third kappa shape index (κ3) is 3.08. The van der Waals surface area contributed by atoms with Crippen LogP contribution in [0.1, 0.15) is 52.6 Å². The predicted molar refractivity (Wildman–Crippen MR) is 113 cm³/mol. The van der Waals surface area contributed by atoms with E-state index in [0.717, 1.165) is 40.1 Å². The van der Waals surface area contributed by atoms with Crippen LogP contribution in [0.25, 0.3) is 0 Å². The number of allylic oxidation sites excluding steroid dienone is 2. The number of fused-ring (bicyclic) bond motifs is 1. The molecule has 0 unspecified atom stereocenters. The van der Waals surface area contributed by atoms with Crippen LogP contribution in [-0.4, -0.2) is 10.9 Å². The third-order valence-corrected chi connectivity index (χ3v) is 6.23. The molecular formula is C24H21ClN2O2. The van der Waals surface area contributed by atoms with E-state index in [1.165, 1.54) is 5.56 Å². The van der Waals surface area contributed by atoms with Gasteiger partial charge in [-0.25, -0.2) is 0 Å². The van der Waals surface area contributed by atoms with Crippen molar-refractivity contribution >= 4 is 23.3 Å². The standard InChI is InChI=1S/C24H21ClN2O2/c1-13-4-3-5-16(10-13)22-21-14(2)27-29-24(21)26-19-11-17(12-20(28)23(19)22)15-6-8-18(25)9-7-15/h3-10,17,22,26H,11-12H2,1-2H3/t17-,22+/m1/s1. The molecule has 0 amide bonds. The van der Waals surface area contributed by atoms with E-state index in [1.807, 2.05) is 37.3 Å². The first-order valence-electron chi connectivity index (χ1n) is 9.82. The van der Waals surface area contributed by atoms with Gasteiger partial charge < -0.3 is 9.84 Å². The lowest BCUT2D eigenvalue weighted by atomic mass is 9.72. The second-order valence-corrected chi connectivity index (χ2v) is 8.39. The summed E-state index contributed by atoms with van der Waals surface area (Å²) in [5.41, 5.74) is 6.97. The molecule has 0 saturated carbocycles. The number of benzene rings is 2. The van der Waals surface area contributed by atoms with Crippen molar-refractivity contribution in [3.05, 3.63) is 92.8 Å². The molecule has 2 heterocycles. The maximum absolute atomic E-state index is 13.4. The first-order chi connectivity index (χ1) is 14.0. The highest BCUT2D eigenvalue weighted by Gasteiger charge is 2.41. The van der Waals surface area contributed by atoms with Crippen LogP contribution in [0.3, 0.4) is 0 Å². The van der Waals surface area contributed by atoms with E-state index < -0.39 is 0 Å². The molecule has 0 fully saturated rings. The molecule has 0 spiro atoms. The Labute approximate surface area is 174 Å². The number of nitrogens with one attached hydrogen (secondary N) is 1. The van der Waals surface area contributed by atoms with Crippen molar-refractivity contribution in [2.45, 2.75) is 38.5 Å². The van der Waals surface area contributed by atoms with Gasteiger partial charge in [0.15, 0.2) is 5.78 Å². The van der Waals surface area contributed by atoms with Crippen LogP contribution >= 0.6 is 11.6 Å². The van der Waals surface area contributed by atoms with E-state index >= 15 is 0 Å². The summed E-state index contributed by atoms with van der Waals surface area (Å²) in [4.78, 5) is 13.4. The zero-order valence-corrected chi connectivity index (χ0v) is 17.1. The highest BCUT2D eigenvalue weighted by molar-refractivity contribution is 6.30. The van der Waals surface area contributed by atoms with Crippen molar-refractivity contribution in [2.75, 3.05) is 5.32 Å². The molecule has 5 heteroatoms. The largest absolute Gasteiger partial charge is 0.338 e. The minimum Gasteiger partial charge on any atom is -0.338 e. The molecule has 146 valence electrons. The number of carbonyl (C=O) groups excluding carboxylic acids is 1. The molecule has 1 aromatic heterocycles. The van der Waals surface area contributed by atoms with E-state index in [4.69, 9.17) is 16.1 Å². The third-order valence-electron chi connectivity index (χ3n) is 5.97. The zero-order chi connectivity index (χ0) is 20.1. The van der Waals surface area contributed by atoms with Gasteiger partial charge in [-0.3, -0.25) is 4.79 Å². The summed E-state index contributed by atoms with van der Waals surface area (Å²) >= 11 is 6.04. The quantitative estimate of drug-likeness (QED) is 0.577. The first-order valence-corrected chi connectivity index (χ1v) is 10.2. The van der Waals surface area contributed by atoms with Gasteiger partial charge in [-0.1, -0.05) is 58.7 Å². The number of halogens is 1. The lowest BCUT2D eigenvalue weighted by Gasteiger charge is -2.34. The lowest BCUT2D eigenvalue weighted by Crippen LogP contribution is -2.29. The van der Waals surface area contributed by atoms with Crippen molar-refractivity contribution in [1.29, 1.82) is 0 Å². The molecule has 1 aliphatic heterocycles. The summed E-state index contributed by atoms with van der Waals surface area (Å²) in [7, 11) is 0. The van der Waals surface area contributed by atoms with Crippen molar-refractivity contribution < 1.29 is 9.32 Å². The summed E-state index contributed by atoms with van der Waals surface area (Å²) in [6, 6.07) is 16.1. The van der Waals surface area contributed by atoms with Crippen LogP contribution < -0.4 is 5.32 Å². The molecule has 0 bridgehead atoms. The normalized spacial score (nSPS) is 20.9. The maximum atomic E-state index is 13.4. The van der Waals surface area contributed by atoms with Crippen LogP contribution in [0, 0.1) is 13.8 Å². The SMILES string of the molecule is Cc1cccc([C@@H]2C3=C(C[C@@H](c4ccc(Cl)cc4)CC3=O)Nc3onc(C)c32)c1. The summed E-state index contributed by atoms with van der Waals surface area (Å²) in [5.74, 6) is 0.801. The number of Topliss-reactive ketones (excluding diaryl/α,β-unsaturated/α-hetero) is 1. The number of aryl methyl sites for hydroxylation is 2. The Morgan fingerprint density at radius 2 is 1.86 bits per heavy atom. The second-order valence-electron chi connectivity index (χ2n) is 7.96. The first kappa shape index (κ1) is 18.2. The van der Waals surface area contributed by atoms with Crippen molar-refractivity contribution in [1.82, 2.24) is 5.16 Å². The van der Waals surface area contributed by atoms with Crippen LogP contribution in [0.15, 0.2) is 64.3 Å². The number of hydrogen-bond acceptors (Lipinski definition) is 4. The van der Waals surface area contributed by atoms with Gasteiger partial charge in [-0.15, -0.1) is 0 Å². The number of aromatic nitrogens is 1. The molecule has 2 aromatic carbocycles. The monoisotopic (exact) mass is 404 g/mol. The van der Waals surface area contributed by atoms with E-state index in [9.17, 15) is 4.79 Å². The molecule has 3 aromatic rings. The number of ketones is 1. The Morgan fingerprint density at radius 3 is 2.62 bits per heavy atom. The van der Waals surface area contributed by atoms with Gasteiger partial charge in [-0.05, 0) is 49.4 Å². The molecule has 2 atom stereocenters. The second kappa shape index (κ2) is 6.89. The Hall–Kier alpha value is -2.85. The Morgan fingerprint density at radius 1 is 1.07 bits per heavy atom. The van der Waals surface area contributed by atoms with Gasteiger partial charge in [-0.2, -0.15) is 0 Å². The molecule has 2 aliphatic rings. The minimum absolute atomic E-state index is 0.120. The fourth-order valence-corrected chi connectivity index (χ4v) is 4.75. The van der Waals surface area contributed by atoms with Crippen molar-refractivity contribution in [2.24, 2.45) is 0 Å². The number of rotatable bonds is 2. The molecular weight excluding hydrogens is 384 g/mol. The molecule has 1 N–H and O–H groups in total. The smallest absolute Gasteiger partial charge is 0.233 e. The summed E-state index contributed by atoms with van der Waals surface area (Å²) in [6.45, 7) is 4.00. The average Bonchev–Trinajstić information content (AvgIpc) is 3.07. The van der Waals surface area contributed by atoms with Gasteiger partial charge in [0.25, 0.3) is 0 Å². The number of carbonyl (C=O) groups is 1. The highest BCUT2D eigenvalue weighted by atomic mass is 35.5. The van der Waals surface area contributed by atoms with Gasteiger partial charge >= 0.3 is 0 Å². The topological polar surface area (TPSA) is 55.1 Å². The molecule has 0 radical (unpaired) electrons. The summed E-state index contributed by atoms with van der Waals surface area (Å²) < 4.78 is 5.59. The Balaban J connectivity index is 1.62. The van der Waals surface area contributed by atoms with Gasteiger partial charge in [0, 0.05) is 28.6 Å². The molecule has 29 heavy (non-hydrogen) atoms. The lowest BCUT2D eigenvalue weighted by molar-refractivity contribution is -0.116. The summed E-state index contributed by atoms with van der Waals surface area (Å²) in [5, 5.41) is 8.26. The van der Waals surface area contributed by atoms with Crippen LogP contribution in [0.2, 0.25) is 5.02 Å². The number of nitrogens with zero attached hydrogens (tertiary/aromatic N) is 1. The Kier molecular flexibility index (Phi) is 4.32. The van der Waals surface area contributed by atoms with Gasteiger partial charge in [0.05, 0.1) is 11.3 Å². The highest BCUT2D eigenvalue weighted by Crippen LogP contribution is 2.49. The van der Waals surface area contributed by atoms with E-state index in [1.54, 1.807) is 0 Å². The van der Waals surface area contributed by atoms with Gasteiger partial charge in [0.1, 0.15) is 0 Å².